The molecule has 0 radical (unpaired) electrons. The van der Waals surface area contributed by atoms with Crippen molar-refractivity contribution in [2.24, 2.45) is 0 Å². The van der Waals surface area contributed by atoms with E-state index in [1.54, 1.807) is 20.3 Å². The van der Waals surface area contributed by atoms with Crippen molar-refractivity contribution in [3.05, 3.63) is 83.9 Å². The first-order valence-corrected chi connectivity index (χ1v) is 10.9. The molecular weight excluding hydrogens is 402 g/mol. The van der Waals surface area contributed by atoms with Gasteiger partial charge in [0.05, 0.1) is 13.7 Å². The van der Waals surface area contributed by atoms with Gasteiger partial charge in [-0.15, -0.1) is 0 Å². The average Bonchev–Trinajstić information content (AvgIpc) is 2.85. The number of amides is 1. The molecule has 166 valence electrons. The van der Waals surface area contributed by atoms with Gasteiger partial charge in [0.25, 0.3) is 5.91 Å². The number of likely N-dealkylation sites (tertiary alicyclic amines) is 1. The Balaban J connectivity index is 1.30. The highest BCUT2D eigenvalue weighted by molar-refractivity contribution is 5.94. The van der Waals surface area contributed by atoms with Gasteiger partial charge >= 0.3 is 0 Å². The fourth-order valence-electron chi connectivity index (χ4n) is 3.99. The monoisotopic (exact) mass is 431 g/mol. The summed E-state index contributed by atoms with van der Waals surface area (Å²) in [5.41, 5.74) is 4.14. The molecule has 1 fully saturated rings. The number of nitrogens with zero attached hydrogens (tertiary/aromatic N) is 1. The van der Waals surface area contributed by atoms with Crippen molar-refractivity contribution >= 4 is 5.91 Å². The van der Waals surface area contributed by atoms with Gasteiger partial charge in [0.15, 0.2) is 0 Å². The van der Waals surface area contributed by atoms with E-state index in [1.807, 2.05) is 35.2 Å². The first-order valence-electron chi connectivity index (χ1n) is 10.9. The lowest BCUT2D eigenvalue weighted by Crippen LogP contribution is -2.41. The molecule has 0 saturated carbocycles. The molecule has 0 N–H and O–H groups in total. The molecule has 0 bridgehead atoms. The van der Waals surface area contributed by atoms with Crippen LogP contribution in [0, 0.1) is 0 Å². The van der Waals surface area contributed by atoms with E-state index < -0.39 is 0 Å². The number of carbonyl (C=O) groups excluding carboxylic acids is 1. The van der Waals surface area contributed by atoms with Crippen molar-refractivity contribution in [3.8, 4) is 22.6 Å². The first-order chi connectivity index (χ1) is 15.7. The van der Waals surface area contributed by atoms with Crippen LogP contribution in [0.3, 0.4) is 0 Å². The molecule has 32 heavy (non-hydrogen) atoms. The highest BCUT2D eigenvalue weighted by atomic mass is 16.5. The SMILES string of the molecule is COCc1ccc(-c2ccc(OC3CCN(C(=O)c4cccc(OC)c4)CC3)cc2)cc1. The van der Waals surface area contributed by atoms with Crippen LogP contribution >= 0.6 is 0 Å². The number of hydrogen-bond acceptors (Lipinski definition) is 4. The normalized spacial score (nSPS) is 14.2. The van der Waals surface area contributed by atoms with Crippen LogP contribution in [0.15, 0.2) is 72.8 Å². The molecule has 5 heteroatoms. The van der Waals surface area contributed by atoms with Gasteiger partial charge in [0, 0.05) is 38.6 Å². The number of benzene rings is 3. The minimum Gasteiger partial charge on any atom is -0.497 e. The van der Waals surface area contributed by atoms with Crippen LogP contribution in [0.25, 0.3) is 11.1 Å². The third kappa shape index (κ3) is 5.29. The number of hydrogen-bond donors (Lipinski definition) is 0. The van der Waals surface area contributed by atoms with Gasteiger partial charge in [-0.05, 0) is 47.0 Å². The maximum absolute atomic E-state index is 12.8. The standard InChI is InChI=1S/C27H29NO4/c1-30-19-20-6-8-21(9-7-20)22-10-12-24(13-11-22)32-25-14-16-28(17-15-25)27(29)23-4-3-5-26(18-23)31-2/h3-13,18,25H,14-17,19H2,1-2H3. The summed E-state index contributed by atoms with van der Waals surface area (Å²) in [5.74, 6) is 1.61. The second-order valence-corrected chi connectivity index (χ2v) is 8.00. The van der Waals surface area contributed by atoms with Crippen LogP contribution in [-0.4, -0.2) is 44.2 Å². The Morgan fingerprint density at radius 2 is 1.53 bits per heavy atom. The molecule has 3 aromatic carbocycles. The summed E-state index contributed by atoms with van der Waals surface area (Å²) in [4.78, 5) is 14.7. The summed E-state index contributed by atoms with van der Waals surface area (Å²) in [6.07, 6.45) is 1.75. The zero-order valence-electron chi connectivity index (χ0n) is 18.6. The quantitative estimate of drug-likeness (QED) is 0.516. The molecule has 1 heterocycles. The summed E-state index contributed by atoms with van der Waals surface area (Å²) < 4.78 is 16.6. The van der Waals surface area contributed by atoms with Gasteiger partial charge in [0.1, 0.15) is 17.6 Å². The maximum Gasteiger partial charge on any atom is 0.253 e. The Morgan fingerprint density at radius 3 is 2.16 bits per heavy atom. The lowest BCUT2D eigenvalue weighted by Gasteiger charge is -2.32. The molecule has 0 spiro atoms. The predicted molar refractivity (Wildman–Crippen MR) is 125 cm³/mol. The molecule has 1 aliphatic heterocycles. The lowest BCUT2D eigenvalue weighted by atomic mass is 10.0. The lowest BCUT2D eigenvalue weighted by molar-refractivity contribution is 0.0595. The van der Waals surface area contributed by atoms with Crippen molar-refractivity contribution in [2.45, 2.75) is 25.6 Å². The molecule has 1 amide bonds. The average molecular weight is 432 g/mol. The summed E-state index contributed by atoms with van der Waals surface area (Å²) in [7, 11) is 3.31. The summed E-state index contributed by atoms with van der Waals surface area (Å²) in [6, 6.07) is 23.9. The van der Waals surface area contributed by atoms with Crippen molar-refractivity contribution < 1.29 is 19.0 Å². The van der Waals surface area contributed by atoms with E-state index >= 15 is 0 Å². The minimum atomic E-state index is 0.0446. The third-order valence-corrected chi connectivity index (χ3v) is 5.80. The highest BCUT2D eigenvalue weighted by Crippen LogP contribution is 2.26. The van der Waals surface area contributed by atoms with Crippen LogP contribution < -0.4 is 9.47 Å². The Kier molecular flexibility index (Phi) is 7.07. The number of piperidine rings is 1. The molecule has 0 aromatic heterocycles. The molecule has 1 aliphatic rings. The van der Waals surface area contributed by atoms with Gasteiger partial charge in [-0.2, -0.15) is 0 Å². The summed E-state index contributed by atoms with van der Waals surface area (Å²) in [6.45, 7) is 2.00. The van der Waals surface area contributed by atoms with Crippen LogP contribution in [0.4, 0.5) is 0 Å². The second kappa shape index (κ2) is 10.3. The van der Waals surface area contributed by atoms with E-state index in [0.717, 1.165) is 29.7 Å². The Labute approximate surface area is 189 Å². The Morgan fingerprint density at radius 1 is 0.875 bits per heavy atom. The maximum atomic E-state index is 12.8. The molecule has 1 saturated heterocycles. The number of rotatable bonds is 7. The molecule has 0 aliphatic carbocycles. The molecular formula is C27H29NO4. The van der Waals surface area contributed by atoms with E-state index in [4.69, 9.17) is 14.2 Å². The van der Waals surface area contributed by atoms with Gasteiger partial charge in [-0.3, -0.25) is 4.79 Å². The van der Waals surface area contributed by atoms with Gasteiger partial charge in [-0.25, -0.2) is 0 Å². The molecule has 5 nitrogen and oxygen atoms in total. The van der Waals surface area contributed by atoms with Crippen LogP contribution in [0.1, 0.15) is 28.8 Å². The van der Waals surface area contributed by atoms with E-state index in [-0.39, 0.29) is 12.0 Å². The number of methoxy groups -OCH3 is 2. The topological polar surface area (TPSA) is 48.0 Å². The van der Waals surface area contributed by atoms with Gasteiger partial charge in [-0.1, -0.05) is 42.5 Å². The second-order valence-electron chi connectivity index (χ2n) is 8.00. The zero-order chi connectivity index (χ0) is 22.3. The molecule has 4 rings (SSSR count). The largest absolute Gasteiger partial charge is 0.497 e. The van der Waals surface area contributed by atoms with E-state index in [9.17, 15) is 4.79 Å². The predicted octanol–water partition coefficient (Wildman–Crippen LogP) is 5.19. The van der Waals surface area contributed by atoms with Crippen LogP contribution in [0.5, 0.6) is 11.5 Å². The number of ether oxygens (including phenoxy) is 3. The van der Waals surface area contributed by atoms with Crippen molar-refractivity contribution in [1.29, 1.82) is 0 Å². The van der Waals surface area contributed by atoms with Gasteiger partial charge < -0.3 is 19.1 Å². The van der Waals surface area contributed by atoms with Crippen LogP contribution in [-0.2, 0) is 11.3 Å². The fraction of sp³-hybridized carbons (Fsp3) is 0.296. The van der Waals surface area contributed by atoms with Crippen molar-refractivity contribution in [1.82, 2.24) is 4.90 Å². The minimum absolute atomic E-state index is 0.0446. The zero-order valence-corrected chi connectivity index (χ0v) is 18.6. The first kappa shape index (κ1) is 21.9. The van der Waals surface area contributed by atoms with E-state index in [1.165, 1.54) is 5.56 Å². The Hall–Kier alpha value is -3.31. The summed E-state index contributed by atoms with van der Waals surface area (Å²) >= 11 is 0. The van der Waals surface area contributed by atoms with E-state index in [2.05, 4.69) is 36.4 Å². The molecule has 0 unspecified atom stereocenters. The van der Waals surface area contributed by atoms with Gasteiger partial charge in [0.2, 0.25) is 0 Å². The number of carbonyl (C=O) groups is 1. The van der Waals surface area contributed by atoms with E-state index in [0.29, 0.717) is 31.0 Å². The Bertz CT molecular complexity index is 1020. The highest BCUT2D eigenvalue weighted by Gasteiger charge is 2.25. The molecule has 0 atom stereocenters. The van der Waals surface area contributed by atoms with Crippen molar-refractivity contribution in [3.63, 3.8) is 0 Å². The summed E-state index contributed by atoms with van der Waals surface area (Å²) in [5, 5.41) is 0. The third-order valence-electron chi connectivity index (χ3n) is 5.80. The van der Waals surface area contributed by atoms with Crippen LogP contribution in [0.2, 0.25) is 0 Å². The fourth-order valence-corrected chi connectivity index (χ4v) is 3.99. The van der Waals surface area contributed by atoms with Crippen molar-refractivity contribution in [2.75, 3.05) is 27.3 Å². The molecule has 3 aromatic rings. The smallest absolute Gasteiger partial charge is 0.253 e.